The monoisotopic (exact) mass is 422 g/mol. The molecule has 30 heavy (non-hydrogen) atoms. The highest BCUT2D eigenvalue weighted by Gasteiger charge is 2.33. The molecule has 1 aliphatic rings. The third-order valence-electron chi connectivity index (χ3n) is 5.67. The van der Waals surface area contributed by atoms with Crippen molar-refractivity contribution in [3.05, 3.63) is 17.7 Å². The second kappa shape index (κ2) is 11.1. The molecule has 1 aliphatic carbocycles. The van der Waals surface area contributed by atoms with E-state index in [1.807, 2.05) is 0 Å². The molecule has 7 nitrogen and oxygen atoms in total. The summed E-state index contributed by atoms with van der Waals surface area (Å²) in [6.45, 7) is 6.09. The molecule has 1 fully saturated rings. The Balaban J connectivity index is 1.92. The summed E-state index contributed by atoms with van der Waals surface area (Å²) >= 11 is 0. The number of ether oxygens (including phenoxy) is 5. The van der Waals surface area contributed by atoms with Crippen LogP contribution >= 0.6 is 0 Å². The van der Waals surface area contributed by atoms with Gasteiger partial charge in [0.2, 0.25) is 5.75 Å². The molecule has 0 N–H and O–H groups in total. The van der Waals surface area contributed by atoms with Crippen LogP contribution in [0.1, 0.15) is 45.6 Å². The SMILES string of the molecule is COc1cc(CC(=O)OCC(=O)O[C@H]2C[C@@H](C)CC[C@@H]2C(C)C)cc(OC)c1OC. The third-order valence-corrected chi connectivity index (χ3v) is 5.67. The molecule has 1 saturated carbocycles. The van der Waals surface area contributed by atoms with Crippen LogP contribution in [0.15, 0.2) is 12.1 Å². The predicted octanol–water partition coefficient (Wildman–Crippen LogP) is 3.80. The van der Waals surface area contributed by atoms with Crippen LogP contribution in [0.2, 0.25) is 0 Å². The quantitative estimate of drug-likeness (QED) is 0.560. The van der Waals surface area contributed by atoms with Gasteiger partial charge in [0, 0.05) is 0 Å². The van der Waals surface area contributed by atoms with Crippen LogP contribution < -0.4 is 14.2 Å². The van der Waals surface area contributed by atoms with Gasteiger partial charge in [0.15, 0.2) is 18.1 Å². The van der Waals surface area contributed by atoms with E-state index in [0.717, 1.165) is 19.3 Å². The second-order valence-electron chi connectivity index (χ2n) is 8.23. The first-order valence-electron chi connectivity index (χ1n) is 10.4. The Morgan fingerprint density at radius 3 is 2.17 bits per heavy atom. The first kappa shape index (κ1) is 23.8. The Hall–Kier alpha value is -2.44. The van der Waals surface area contributed by atoms with Crippen molar-refractivity contribution in [3.8, 4) is 17.2 Å². The highest BCUT2D eigenvalue weighted by molar-refractivity contribution is 5.78. The summed E-state index contributed by atoms with van der Waals surface area (Å²) in [6.07, 6.45) is 2.92. The summed E-state index contributed by atoms with van der Waals surface area (Å²) in [7, 11) is 4.52. The highest BCUT2D eigenvalue weighted by atomic mass is 16.6. The number of hydrogen-bond acceptors (Lipinski definition) is 7. The summed E-state index contributed by atoms with van der Waals surface area (Å²) in [6, 6.07) is 3.36. The van der Waals surface area contributed by atoms with E-state index in [9.17, 15) is 9.59 Å². The molecule has 0 aliphatic heterocycles. The van der Waals surface area contributed by atoms with Gasteiger partial charge in [-0.1, -0.05) is 27.2 Å². The summed E-state index contributed by atoms with van der Waals surface area (Å²) in [5, 5.41) is 0. The maximum absolute atomic E-state index is 12.3. The van der Waals surface area contributed by atoms with Crippen LogP contribution in [0, 0.1) is 17.8 Å². The van der Waals surface area contributed by atoms with Crippen molar-refractivity contribution in [1.82, 2.24) is 0 Å². The zero-order valence-corrected chi connectivity index (χ0v) is 18.9. The minimum atomic E-state index is -0.529. The lowest BCUT2D eigenvalue weighted by Crippen LogP contribution is -2.36. The third kappa shape index (κ3) is 6.28. The van der Waals surface area contributed by atoms with Crippen molar-refractivity contribution in [1.29, 1.82) is 0 Å². The lowest BCUT2D eigenvalue weighted by molar-refractivity contribution is -0.166. The molecular weight excluding hydrogens is 388 g/mol. The average molecular weight is 423 g/mol. The Bertz CT molecular complexity index is 703. The van der Waals surface area contributed by atoms with E-state index in [1.165, 1.54) is 21.3 Å². The molecule has 0 saturated heterocycles. The molecule has 1 aromatic rings. The van der Waals surface area contributed by atoms with Crippen molar-refractivity contribution in [2.24, 2.45) is 17.8 Å². The number of esters is 2. The fourth-order valence-electron chi connectivity index (χ4n) is 4.05. The Morgan fingerprint density at radius 2 is 1.63 bits per heavy atom. The van der Waals surface area contributed by atoms with Crippen molar-refractivity contribution in [2.45, 2.75) is 52.6 Å². The van der Waals surface area contributed by atoms with Crippen molar-refractivity contribution >= 4 is 11.9 Å². The molecule has 0 bridgehead atoms. The normalized spacial score (nSPS) is 21.1. The Kier molecular flexibility index (Phi) is 8.81. The van der Waals surface area contributed by atoms with Crippen LogP contribution in [0.5, 0.6) is 17.2 Å². The van der Waals surface area contributed by atoms with Gasteiger partial charge in [0.05, 0.1) is 27.8 Å². The van der Waals surface area contributed by atoms with Crippen LogP contribution in [0.25, 0.3) is 0 Å². The summed E-state index contributed by atoms with van der Waals surface area (Å²) in [5.41, 5.74) is 0.629. The Labute approximate surface area is 179 Å². The smallest absolute Gasteiger partial charge is 0.344 e. The fraction of sp³-hybridized carbons (Fsp3) is 0.652. The van der Waals surface area contributed by atoms with Gasteiger partial charge >= 0.3 is 11.9 Å². The number of carbonyl (C=O) groups excluding carboxylic acids is 2. The standard InChI is InChI=1S/C23H34O7/c1-14(2)17-8-7-15(3)9-18(17)30-22(25)13-29-21(24)12-16-10-19(26-4)23(28-6)20(11-16)27-5/h10-11,14-15,17-18H,7-9,12-13H2,1-6H3/t15-,17+,18-/m0/s1. The minimum Gasteiger partial charge on any atom is -0.493 e. The maximum atomic E-state index is 12.3. The molecule has 3 atom stereocenters. The topological polar surface area (TPSA) is 80.3 Å². The van der Waals surface area contributed by atoms with Gasteiger partial charge in [-0.05, 0) is 48.3 Å². The number of benzene rings is 1. The molecule has 0 amide bonds. The first-order chi connectivity index (χ1) is 14.3. The lowest BCUT2D eigenvalue weighted by Gasteiger charge is -2.36. The molecular formula is C23H34O7. The van der Waals surface area contributed by atoms with Gasteiger partial charge in [0.25, 0.3) is 0 Å². The van der Waals surface area contributed by atoms with E-state index in [-0.39, 0.29) is 19.1 Å². The van der Waals surface area contributed by atoms with Crippen LogP contribution in [0.3, 0.4) is 0 Å². The molecule has 0 heterocycles. The number of methoxy groups -OCH3 is 3. The fourth-order valence-corrected chi connectivity index (χ4v) is 4.05. The summed E-state index contributed by atoms with van der Waals surface area (Å²) in [5.74, 6) is 1.63. The van der Waals surface area contributed by atoms with Crippen LogP contribution in [-0.4, -0.2) is 46.0 Å². The van der Waals surface area contributed by atoms with Gasteiger partial charge in [0.1, 0.15) is 6.10 Å². The van der Waals surface area contributed by atoms with Gasteiger partial charge in [-0.15, -0.1) is 0 Å². The summed E-state index contributed by atoms with van der Waals surface area (Å²) in [4.78, 5) is 24.5. The molecule has 7 heteroatoms. The molecule has 0 aromatic heterocycles. The molecule has 2 rings (SSSR count). The van der Waals surface area contributed by atoms with Crippen molar-refractivity contribution in [3.63, 3.8) is 0 Å². The minimum absolute atomic E-state index is 0.0287. The molecule has 0 unspecified atom stereocenters. The second-order valence-corrected chi connectivity index (χ2v) is 8.23. The van der Waals surface area contributed by atoms with Gasteiger partial charge < -0.3 is 23.7 Å². The van der Waals surface area contributed by atoms with E-state index in [0.29, 0.717) is 40.6 Å². The number of rotatable bonds is 9. The number of carbonyl (C=O) groups is 2. The van der Waals surface area contributed by atoms with Gasteiger partial charge in [-0.2, -0.15) is 0 Å². The van der Waals surface area contributed by atoms with Crippen molar-refractivity contribution in [2.75, 3.05) is 27.9 Å². The van der Waals surface area contributed by atoms with Gasteiger partial charge in [-0.3, -0.25) is 4.79 Å². The number of hydrogen-bond donors (Lipinski definition) is 0. The van der Waals surface area contributed by atoms with E-state index >= 15 is 0 Å². The van der Waals surface area contributed by atoms with Gasteiger partial charge in [-0.25, -0.2) is 4.79 Å². The molecule has 1 aromatic carbocycles. The largest absolute Gasteiger partial charge is 0.493 e. The van der Waals surface area contributed by atoms with E-state index in [2.05, 4.69) is 20.8 Å². The lowest BCUT2D eigenvalue weighted by atomic mass is 9.75. The zero-order chi connectivity index (χ0) is 22.3. The Morgan fingerprint density at radius 1 is 1.00 bits per heavy atom. The average Bonchev–Trinajstić information content (AvgIpc) is 2.71. The predicted molar refractivity (Wildman–Crippen MR) is 112 cm³/mol. The molecule has 0 spiro atoms. The van der Waals surface area contributed by atoms with E-state index in [1.54, 1.807) is 12.1 Å². The van der Waals surface area contributed by atoms with Crippen LogP contribution in [0.4, 0.5) is 0 Å². The molecule has 0 radical (unpaired) electrons. The highest BCUT2D eigenvalue weighted by Crippen LogP contribution is 2.38. The maximum Gasteiger partial charge on any atom is 0.344 e. The summed E-state index contributed by atoms with van der Waals surface area (Å²) < 4.78 is 26.7. The first-order valence-corrected chi connectivity index (χ1v) is 10.4. The van der Waals surface area contributed by atoms with Crippen LogP contribution in [-0.2, 0) is 25.5 Å². The van der Waals surface area contributed by atoms with E-state index < -0.39 is 11.9 Å². The molecule has 168 valence electrons. The zero-order valence-electron chi connectivity index (χ0n) is 18.9. The van der Waals surface area contributed by atoms with Crippen molar-refractivity contribution < 1.29 is 33.3 Å². The van der Waals surface area contributed by atoms with E-state index in [4.69, 9.17) is 23.7 Å².